The van der Waals surface area contributed by atoms with Crippen LogP contribution in [0.25, 0.3) is 0 Å². The van der Waals surface area contributed by atoms with Crippen molar-refractivity contribution in [3.05, 3.63) is 107 Å². The summed E-state index contributed by atoms with van der Waals surface area (Å²) in [5.74, 6) is -0.176. The molecule has 0 bridgehead atoms. The fraction of sp³-hybridized carbons (Fsp3) is 0.286. The van der Waals surface area contributed by atoms with Gasteiger partial charge in [0.1, 0.15) is 6.04 Å². The van der Waals surface area contributed by atoms with Crippen molar-refractivity contribution >= 4 is 11.8 Å². The monoisotopic (exact) mass is 428 g/mol. The molecule has 32 heavy (non-hydrogen) atoms. The maximum absolute atomic E-state index is 13.6. The van der Waals surface area contributed by atoms with Gasteiger partial charge in [-0.2, -0.15) is 0 Å². The van der Waals surface area contributed by atoms with Crippen molar-refractivity contribution in [1.82, 2.24) is 10.2 Å². The first-order valence-corrected chi connectivity index (χ1v) is 11.2. The first-order valence-electron chi connectivity index (χ1n) is 11.2. The van der Waals surface area contributed by atoms with E-state index in [1.165, 1.54) is 5.56 Å². The molecule has 4 heteroatoms. The fourth-order valence-electron chi connectivity index (χ4n) is 3.82. The van der Waals surface area contributed by atoms with Crippen molar-refractivity contribution in [2.75, 3.05) is 6.54 Å². The van der Waals surface area contributed by atoms with E-state index in [-0.39, 0.29) is 18.2 Å². The Kier molecular flexibility index (Phi) is 8.20. The number of carbonyl (C=O) groups is 2. The number of hydrogen-bond acceptors (Lipinski definition) is 2. The lowest BCUT2D eigenvalue weighted by atomic mass is 10.00. The molecule has 0 heterocycles. The van der Waals surface area contributed by atoms with Crippen molar-refractivity contribution in [2.45, 2.75) is 46.2 Å². The highest BCUT2D eigenvalue weighted by Gasteiger charge is 2.30. The Hall–Kier alpha value is -3.40. The van der Waals surface area contributed by atoms with Crippen LogP contribution < -0.4 is 5.32 Å². The SMILES string of the molecule is CCNC(=O)[C@@H](Cc1ccccc1)N(Cc1ccccc1)C(=O)Cc1ccc(C)c(C)c1. The standard InChI is InChI=1S/C28H32N2O2/c1-4-29-28(32)26(18-23-11-7-5-8-12-23)30(20-24-13-9-6-10-14-24)27(31)19-25-16-15-21(2)22(3)17-25/h5-17,26H,4,18-20H2,1-3H3,(H,29,32)/t26-/m1/s1. The van der Waals surface area contributed by atoms with Crippen LogP contribution in [0.5, 0.6) is 0 Å². The van der Waals surface area contributed by atoms with E-state index >= 15 is 0 Å². The Morgan fingerprint density at radius 1 is 0.812 bits per heavy atom. The Bertz CT molecular complexity index is 1030. The maximum atomic E-state index is 13.6. The number of benzene rings is 3. The zero-order valence-electron chi connectivity index (χ0n) is 19.2. The number of likely N-dealkylation sites (N-methyl/N-ethyl adjacent to an activating group) is 1. The smallest absolute Gasteiger partial charge is 0.243 e. The highest BCUT2D eigenvalue weighted by atomic mass is 16.2. The molecule has 4 nitrogen and oxygen atoms in total. The Morgan fingerprint density at radius 2 is 1.44 bits per heavy atom. The molecule has 2 amide bonds. The number of nitrogens with zero attached hydrogens (tertiary/aromatic N) is 1. The van der Waals surface area contributed by atoms with Gasteiger partial charge in [0.2, 0.25) is 11.8 Å². The van der Waals surface area contributed by atoms with Crippen molar-refractivity contribution < 1.29 is 9.59 Å². The molecule has 3 rings (SSSR count). The van der Waals surface area contributed by atoms with Gasteiger partial charge in [0.05, 0.1) is 6.42 Å². The number of hydrogen-bond donors (Lipinski definition) is 1. The van der Waals surface area contributed by atoms with Crippen LogP contribution in [0.2, 0.25) is 0 Å². The quantitative estimate of drug-likeness (QED) is 0.541. The molecule has 0 aliphatic carbocycles. The number of amides is 2. The Labute approximate surface area is 191 Å². The van der Waals surface area contributed by atoms with Gasteiger partial charge in [0, 0.05) is 19.5 Å². The van der Waals surface area contributed by atoms with E-state index in [2.05, 4.69) is 25.2 Å². The largest absolute Gasteiger partial charge is 0.355 e. The van der Waals surface area contributed by atoms with E-state index in [9.17, 15) is 9.59 Å². The fourth-order valence-corrected chi connectivity index (χ4v) is 3.82. The van der Waals surface area contributed by atoms with Crippen molar-refractivity contribution in [3.8, 4) is 0 Å². The molecule has 0 unspecified atom stereocenters. The highest BCUT2D eigenvalue weighted by Crippen LogP contribution is 2.18. The molecule has 0 aliphatic rings. The van der Waals surface area contributed by atoms with E-state index in [0.717, 1.165) is 22.3 Å². The van der Waals surface area contributed by atoms with Crippen molar-refractivity contribution in [2.24, 2.45) is 0 Å². The van der Waals surface area contributed by atoms with Crippen LogP contribution in [0.3, 0.4) is 0 Å². The van der Waals surface area contributed by atoms with Gasteiger partial charge in [-0.05, 0) is 48.6 Å². The van der Waals surface area contributed by atoms with Gasteiger partial charge in [-0.1, -0.05) is 78.9 Å². The van der Waals surface area contributed by atoms with E-state index in [1.807, 2.05) is 79.7 Å². The van der Waals surface area contributed by atoms with Crippen LogP contribution in [-0.2, 0) is 29.0 Å². The number of carbonyl (C=O) groups excluding carboxylic acids is 2. The van der Waals surface area contributed by atoms with Gasteiger partial charge >= 0.3 is 0 Å². The second-order valence-electron chi connectivity index (χ2n) is 8.20. The van der Waals surface area contributed by atoms with Gasteiger partial charge in [-0.25, -0.2) is 0 Å². The zero-order chi connectivity index (χ0) is 22.9. The number of rotatable bonds is 9. The minimum absolute atomic E-state index is 0.0516. The molecule has 0 aromatic heterocycles. The van der Waals surface area contributed by atoms with Gasteiger partial charge in [-0.15, -0.1) is 0 Å². The third kappa shape index (κ3) is 6.30. The predicted octanol–water partition coefficient (Wildman–Crippen LogP) is 4.62. The van der Waals surface area contributed by atoms with Crippen LogP contribution in [0.4, 0.5) is 0 Å². The highest BCUT2D eigenvalue weighted by molar-refractivity contribution is 5.88. The maximum Gasteiger partial charge on any atom is 0.243 e. The molecule has 3 aromatic rings. The van der Waals surface area contributed by atoms with E-state index < -0.39 is 6.04 Å². The predicted molar refractivity (Wildman–Crippen MR) is 129 cm³/mol. The summed E-state index contributed by atoms with van der Waals surface area (Å²) in [4.78, 5) is 28.5. The van der Waals surface area contributed by atoms with Gasteiger partial charge in [-0.3, -0.25) is 9.59 Å². The average molecular weight is 429 g/mol. The first-order chi connectivity index (χ1) is 15.5. The normalized spacial score (nSPS) is 11.6. The summed E-state index contributed by atoms with van der Waals surface area (Å²) in [6.45, 7) is 6.93. The molecular weight excluding hydrogens is 396 g/mol. The minimum atomic E-state index is -0.586. The van der Waals surface area contributed by atoms with E-state index in [4.69, 9.17) is 0 Å². The molecule has 1 atom stereocenters. The van der Waals surface area contributed by atoms with Gasteiger partial charge in [0.25, 0.3) is 0 Å². The third-order valence-corrected chi connectivity index (χ3v) is 5.74. The number of aryl methyl sites for hydroxylation is 2. The van der Waals surface area contributed by atoms with Crippen LogP contribution in [0.1, 0.15) is 34.7 Å². The average Bonchev–Trinajstić information content (AvgIpc) is 2.80. The summed E-state index contributed by atoms with van der Waals surface area (Å²) in [6, 6.07) is 25.3. The van der Waals surface area contributed by atoms with Crippen molar-refractivity contribution in [3.63, 3.8) is 0 Å². The van der Waals surface area contributed by atoms with E-state index in [0.29, 0.717) is 19.5 Å². The lowest BCUT2D eigenvalue weighted by molar-refractivity contribution is -0.140. The molecule has 166 valence electrons. The molecular formula is C28H32N2O2. The van der Waals surface area contributed by atoms with E-state index in [1.54, 1.807) is 4.90 Å². The second kappa shape index (κ2) is 11.3. The van der Waals surface area contributed by atoms with Crippen LogP contribution in [-0.4, -0.2) is 29.3 Å². The van der Waals surface area contributed by atoms with Crippen LogP contribution in [0.15, 0.2) is 78.9 Å². The third-order valence-electron chi connectivity index (χ3n) is 5.74. The lowest BCUT2D eigenvalue weighted by Crippen LogP contribution is -2.50. The molecule has 0 fully saturated rings. The summed E-state index contributed by atoms with van der Waals surface area (Å²) in [5.41, 5.74) is 5.36. The summed E-state index contributed by atoms with van der Waals surface area (Å²) in [7, 11) is 0. The first kappa shape index (κ1) is 23.3. The summed E-state index contributed by atoms with van der Waals surface area (Å²) in [6.07, 6.45) is 0.733. The van der Waals surface area contributed by atoms with Crippen LogP contribution >= 0.6 is 0 Å². The molecule has 3 aromatic carbocycles. The molecule has 0 radical (unpaired) electrons. The Morgan fingerprint density at radius 3 is 2.03 bits per heavy atom. The number of nitrogens with one attached hydrogen (secondary N) is 1. The van der Waals surface area contributed by atoms with Gasteiger partial charge in [0.15, 0.2) is 0 Å². The molecule has 0 aliphatic heterocycles. The second-order valence-corrected chi connectivity index (χ2v) is 8.20. The molecule has 0 spiro atoms. The van der Waals surface area contributed by atoms with Crippen LogP contribution in [0, 0.1) is 13.8 Å². The molecule has 0 saturated carbocycles. The Balaban J connectivity index is 1.94. The minimum Gasteiger partial charge on any atom is -0.355 e. The molecule has 0 saturated heterocycles. The molecule has 1 N–H and O–H groups in total. The lowest BCUT2D eigenvalue weighted by Gasteiger charge is -2.31. The summed E-state index contributed by atoms with van der Waals surface area (Å²) < 4.78 is 0. The summed E-state index contributed by atoms with van der Waals surface area (Å²) >= 11 is 0. The summed E-state index contributed by atoms with van der Waals surface area (Å²) in [5, 5.41) is 2.93. The topological polar surface area (TPSA) is 49.4 Å². The zero-order valence-corrected chi connectivity index (χ0v) is 19.2. The van der Waals surface area contributed by atoms with Crippen molar-refractivity contribution in [1.29, 1.82) is 0 Å². The van der Waals surface area contributed by atoms with Gasteiger partial charge < -0.3 is 10.2 Å².